The molecule has 2 aromatic carbocycles. The quantitative estimate of drug-likeness (QED) is 0.379. The molecule has 0 spiro atoms. The van der Waals surface area contributed by atoms with Gasteiger partial charge < -0.3 is 5.11 Å². The zero-order valence-corrected chi connectivity index (χ0v) is 17.4. The summed E-state index contributed by atoms with van der Waals surface area (Å²) in [6.07, 6.45) is 1.57. The van der Waals surface area contributed by atoms with Gasteiger partial charge in [-0.25, -0.2) is 4.39 Å². The molecule has 0 radical (unpaired) electrons. The lowest BCUT2D eigenvalue weighted by Gasteiger charge is -2.25. The van der Waals surface area contributed by atoms with Crippen LogP contribution in [0.2, 0.25) is 0 Å². The van der Waals surface area contributed by atoms with Crippen LogP contribution in [0.5, 0.6) is 0 Å². The molecule has 1 fully saturated rings. The Bertz CT molecular complexity index is 1230. The van der Waals surface area contributed by atoms with E-state index < -0.39 is 23.5 Å². The molecule has 0 saturated carbocycles. The monoisotopic (exact) mass is 416 g/mol. The smallest absolute Gasteiger partial charge is 0.300 e. The number of halogens is 1. The van der Waals surface area contributed by atoms with E-state index in [2.05, 4.69) is 4.98 Å². The van der Waals surface area contributed by atoms with Gasteiger partial charge in [0.25, 0.3) is 11.7 Å². The Labute approximate surface area is 179 Å². The standard InChI is InChI=1S/C25H21FN2O3/c1-14-7-9-18(13-15(14)2)28-22(20-6-4-5-11-27-20)21(24(30)25(28)31)23(29)17-8-10-19(26)16(3)12-17/h4-13,22,29H,1-3H3/b23-21+. The van der Waals surface area contributed by atoms with E-state index in [0.29, 0.717) is 16.9 Å². The fourth-order valence-electron chi connectivity index (χ4n) is 3.74. The van der Waals surface area contributed by atoms with Crippen molar-refractivity contribution in [3.05, 3.63) is 100 Å². The summed E-state index contributed by atoms with van der Waals surface area (Å²) in [6, 6.07) is 13.8. The molecule has 1 N–H and O–H groups in total. The number of hydrogen-bond acceptors (Lipinski definition) is 4. The lowest BCUT2D eigenvalue weighted by atomic mass is 9.97. The highest BCUT2D eigenvalue weighted by atomic mass is 19.1. The molecule has 31 heavy (non-hydrogen) atoms. The summed E-state index contributed by atoms with van der Waals surface area (Å²) in [6.45, 7) is 5.45. The summed E-state index contributed by atoms with van der Waals surface area (Å²) >= 11 is 0. The number of nitrogens with zero attached hydrogens (tertiary/aromatic N) is 2. The van der Waals surface area contributed by atoms with Gasteiger partial charge in [0.05, 0.1) is 11.3 Å². The average Bonchev–Trinajstić information content (AvgIpc) is 3.03. The molecular weight excluding hydrogens is 395 g/mol. The largest absolute Gasteiger partial charge is 0.507 e. The summed E-state index contributed by atoms with van der Waals surface area (Å²) in [5.41, 5.74) is 3.51. The number of amides is 1. The van der Waals surface area contributed by atoms with Crippen molar-refractivity contribution in [1.29, 1.82) is 0 Å². The van der Waals surface area contributed by atoms with Gasteiger partial charge in [0.1, 0.15) is 17.6 Å². The van der Waals surface area contributed by atoms with E-state index in [1.807, 2.05) is 26.0 Å². The second-order valence-corrected chi connectivity index (χ2v) is 7.66. The lowest BCUT2D eigenvalue weighted by molar-refractivity contribution is -0.132. The second kappa shape index (κ2) is 7.80. The molecule has 0 aliphatic carbocycles. The zero-order chi connectivity index (χ0) is 22.3. The molecule has 6 heteroatoms. The van der Waals surface area contributed by atoms with E-state index in [-0.39, 0.29) is 16.9 Å². The number of aliphatic hydroxyl groups excluding tert-OH is 1. The van der Waals surface area contributed by atoms with Gasteiger partial charge in [-0.3, -0.25) is 19.5 Å². The van der Waals surface area contributed by atoms with Crippen molar-refractivity contribution in [1.82, 2.24) is 4.98 Å². The van der Waals surface area contributed by atoms with Crippen LogP contribution in [-0.2, 0) is 9.59 Å². The van der Waals surface area contributed by atoms with Crippen LogP contribution in [0.4, 0.5) is 10.1 Å². The van der Waals surface area contributed by atoms with Gasteiger partial charge in [0.15, 0.2) is 0 Å². The maximum absolute atomic E-state index is 13.7. The third-order valence-electron chi connectivity index (χ3n) is 5.61. The number of carbonyl (C=O) groups is 2. The van der Waals surface area contributed by atoms with E-state index in [9.17, 15) is 19.1 Å². The summed E-state index contributed by atoms with van der Waals surface area (Å²) in [5, 5.41) is 11.0. The Balaban J connectivity index is 1.95. The van der Waals surface area contributed by atoms with Crippen LogP contribution >= 0.6 is 0 Å². The molecule has 1 unspecified atom stereocenters. The van der Waals surface area contributed by atoms with Gasteiger partial charge in [-0.2, -0.15) is 0 Å². The molecule has 5 nitrogen and oxygen atoms in total. The average molecular weight is 416 g/mol. The number of rotatable bonds is 3. The first kappa shape index (κ1) is 20.5. The Morgan fingerprint density at radius 2 is 1.74 bits per heavy atom. The number of anilines is 1. The summed E-state index contributed by atoms with van der Waals surface area (Å²) in [4.78, 5) is 31.9. The van der Waals surface area contributed by atoms with E-state index in [1.165, 1.54) is 23.1 Å². The van der Waals surface area contributed by atoms with Gasteiger partial charge >= 0.3 is 0 Å². The number of Topliss-reactive ketones (excluding diaryl/α,β-unsaturated/α-hetero) is 1. The molecule has 1 atom stereocenters. The van der Waals surface area contributed by atoms with Crippen molar-refractivity contribution >= 4 is 23.1 Å². The molecule has 2 heterocycles. The number of benzene rings is 2. The minimum atomic E-state index is -0.909. The van der Waals surface area contributed by atoms with E-state index >= 15 is 0 Å². The zero-order valence-electron chi connectivity index (χ0n) is 17.4. The van der Waals surface area contributed by atoms with E-state index in [4.69, 9.17) is 0 Å². The highest BCUT2D eigenvalue weighted by Gasteiger charge is 2.47. The molecule has 1 aromatic heterocycles. The molecule has 1 saturated heterocycles. The first-order valence-corrected chi connectivity index (χ1v) is 9.85. The van der Waals surface area contributed by atoms with Crippen molar-refractivity contribution in [3.63, 3.8) is 0 Å². The van der Waals surface area contributed by atoms with Crippen molar-refractivity contribution in [2.45, 2.75) is 26.8 Å². The van der Waals surface area contributed by atoms with Crippen LogP contribution in [0.25, 0.3) is 5.76 Å². The SMILES string of the molecule is Cc1ccc(N2C(=O)C(=O)/C(=C(/O)c3ccc(F)c(C)c3)C2c2ccccn2)cc1C. The van der Waals surface area contributed by atoms with E-state index in [0.717, 1.165) is 11.1 Å². The molecule has 3 aromatic rings. The maximum Gasteiger partial charge on any atom is 0.300 e. The predicted molar refractivity (Wildman–Crippen MR) is 116 cm³/mol. The number of aromatic nitrogens is 1. The normalized spacial score (nSPS) is 17.9. The lowest BCUT2D eigenvalue weighted by Crippen LogP contribution is -2.29. The Morgan fingerprint density at radius 1 is 0.968 bits per heavy atom. The highest BCUT2D eigenvalue weighted by Crippen LogP contribution is 2.41. The van der Waals surface area contributed by atoms with Gasteiger partial charge in [-0.05, 0) is 79.9 Å². The molecule has 0 bridgehead atoms. The van der Waals surface area contributed by atoms with Crippen molar-refractivity contribution < 1.29 is 19.1 Å². The van der Waals surface area contributed by atoms with Gasteiger partial charge in [0, 0.05) is 17.4 Å². The van der Waals surface area contributed by atoms with Crippen LogP contribution < -0.4 is 4.90 Å². The number of hydrogen-bond donors (Lipinski definition) is 1. The van der Waals surface area contributed by atoms with Crippen LogP contribution in [0, 0.1) is 26.6 Å². The maximum atomic E-state index is 13.7. The number of aliphatic hydroxyl groups is 1. The number of ketones is 1. The molecular formula is C25H21FN2O3. The van der Waals surface area contributed by atoms with Crippen LogP contribution in [0.15, 0.2) is 66.4 Å². The fraction of sp³-hybridized carbons (Fsp3) is 0.160. The molecule has 4 rings (SSSR count). The number of aryl methyl sites for hydroxylation is 3. The van der Waals surface area contributed by atoms with Crippen LogP contribution in [-0.4, -0.2) is 21.8 Å². The molecule has 1 aliphatic heterocycles. The number of pyridine rings is 1. The Hall–Kier alpha value is -3.80. The second-order valence-electron chi connectivity index (χ2n) is 7.66. The summed E-state index contributed by atoms with van der Waals surface area (Å²) < 4.78 is 13.7. The van der Waals surface area contributed by atoms with Gasteiger partial charge in [-0.15, -0.1) is 0 Å². The van der Waals surface area contributed by atoms with Crippen molar-refractivity contribution in [3.8, 4) is 0 Å². The molecule has 156 valence electrons. The minimum absolute atomic E-state index is 0.0760. The van der Waals surface area contributed by atoms with Crippen molar-refractivity contribution in [2.75, 3.05) is 4.90 Å². The van der Waals surface area contributed by atoms with Crippen molar-refractivity contribution in [2.24, 2.45) is 0 Å². The van der Waals surface area contributed by atoms with Gasteiger partial charge in [0.2, 0.25) is 0 Å². The minimum Gasteiger partial charge on any atom is -0.507 e. The number of carbonyl (C=O) groups excluding carboxylic acids is 2. The Kier molecular flexibility index (Phi) is 5.15. The first-order valence-electron chi connectivity index (χ1n) is 9.85. The molecule has 1 aliphatic rings. The van der Waals surface area contributed by atoms with Gasteiger partial charge in [-0.1, -0.05) is 12.1 Å². The van der Waals surface area contributed by atoms with Crippen LogP contribution in [0.3, 0.4) is 0 Å². The third kappa shape index (κ3) is 3.50. The third-order valence-corrected chi connectivity index (χ3v) is 5.61. The van der Waals surface area contributed by atoms with Crippen LogP contribution in [0.1, 0.15) is 34.0 Å². The predicted octanol–water partition coefficient (Wildman–Crippen LogP) is 4.77. The summed E-state index contributed by atoms with van der Waals surface area (Å²) in [5.74, 6) is -2.34. The first-order chi connectivity index (χ1) is 14.8. The molecule has 1 amide bonds. The highest BCUT2D eigenvalue weighted by molar-refractivity contribution is 6.51. The van der Waals surface area contributed by atoms with E-state index in [1.54, 1.807) is 37.4 Å². The topological polar surface area (TPSA) is 70.5 Å². The Morgan fingerprint density at radius 3 is 2.39 bits per heavy atom. The summed E-state index contributed by atoms with van der Waals surface area (Å²) in [7, 11) is 0. The fourth-order valence-corrected chi connectivity index (χ4v) is 3.74.